The van der Waals surface area contributed by atoms with Crippen LogP contribution in [0.2, 0.25) is 0 Å². The highest BCUT2D eigenvalue weighted by atomic mass is 35.5. The maximum Gasteiger partial charge on any atom is 0.415 e. The number of rotatable bonds is 4. The molecule has 10 heteroatoms. The number of nitrogens with one attached hydrogen (secondary N) is 1. The maximum atomic E-state index is 13.9. The summed E-state index contributed by atoms with van der Waals surface area (Å²) in [5, 5.41) is 2.80. The summed E-state index contributed by atoms with van der Waals surface area (Å²) in [5.74, 6) is -0.392. The highest BCUT2D eigenvalue weighted by Crippen LogP contribution is 2.41. The predicted molar refractivity (Wildman–Crippen MR) is 136 cm³/mol. The summed E-state index contributed by atoms with van der Waals surface area (Å²) in [6, 6.07) is 15.8. The Morgan fingerprint density at radius 3 is 2.34 bits per heavy atom. The number of halogens is 3. The third kappa shape index (κ3) is 5.55. The Labute approximate surface area is 214 Å². The van der Waals surface area contributed by atoms with E-state index >= 15 is 0 Å². The van der Waals surface area contributed by atoms with E-state index in [-0.39, 0.29) is 48.5 Å². The van der Waals surface area contributed by atoms with Crippen molar-refractivity contribution >= 4 is 48.3 Å². The zero-order valence-electron chi connectivity index (χ0n) is 18.7. The van der Waals surface area contributed by atoms with Crippen LogP contribution in [0.15, 0.2) is 67.0 Å². The van der Waals surface area contributed by atoms with Crippen molar-refractivity contribution in [3.63, 3.8) is 0 Å². The van der Waals surface area contributed by atoms with Gasteiger partial charge < -0.3 is 10.1 Å². The molecule has 1 saturated heterocycles. The van der Waals surface area contributed by atoms with Gasteiger partial charge in [-0.1, -0.05) is 30.3 Å². The number of carbonyl (C=O) groups excluding carboxylic acids is 2. The summed E-state index contributed by atoms with van der Waals surface area (Å²) in [6.07, 6.45) is 5.01. The molecule has 2 amide bonds. The molecule has 0 atom stereocenters. The van der Waals surface area contributed by atoms with Crippen molar-refractivity contribution in [1.82, 2.24) is 9.97 Å². The number of hydrogen-bond acceptors (Lipinski definition) is 5. The van der Waals surface area contributed by atoms with Crippen molar-refractivity contribution < 1.29 is 18.7 Å². The summed E-state index contributed by atoms with van der Waals surface area (Å²) >= 11 is 0. The van der Waals surface area contributed by atoms with Crippen LogP contribution in [0.3, 0.4) is 0 Å². The van der Waals surface area contributed by atoms with Gasteiger partial charge >= 0.3 is 6.09 Å². The minimum atomic E-state index is -0.551. The number of hydrogen-bond donors (Lipinski definition) is 1. The largest absolute Gasteiger partial charge is 0.441 e. The van der Waals surface area contributed by atoms with Gasteiger partial charge in [-0.2, -0.15) is 0 Å². The normalized spacial score (nSPS) is 21.0. The second-order valence-electron chi connectivity index (χ2n) is 8.50. The Bertz CT molecular complexity index is 1170. The lowest BCUT2D eigenvalue weighted by atomic mass is 9.78. The molecule has 3 aromatic rings. The summed E-state index contributed by atoms with van der Waals surface area (Å²) < 4.78 is 19.7. The molecule has 35 heavy (non-hydrogen) atoms. The van der Waals surface area contributed by atoms with E-state index in [1.807, 2.05) is 30.3 Å². The number of carbonyl (C=O) groups is 2. The van der Waals surface area contributed by atoms with Crippen LogP contribution in [0, 0.1) is 11.7 Å². The minimum Gasteiger partial charge on any atom is -0.441 e. The first-order valence-electron chi connectivity index (χ1n) is 11.0. The van der Waals surface area contributed by atoms with E-state index in [4.69, 9.17) is 4.74 Å². The van der Waals surface area contributed by atoms with Crippen LogP contribution in [0.1, 0.15) is 25.7 Å². The molecule has 0 radical (unpaired) electrons. The van der Waals surface area contributed by atoms with Crippen LogP contribution in [0.25, 0.3) is 11.3 Å². The van der Waals surface area contributed by atoms with Crippen LogP contribution in [-0.2, 0) is 9.53 Å². The average Bonchev–Trinajstić information content (AvgIpc) is 3.16. The lowest BCUT2D eigenvalue weighted by Gasteiger charge is -2.34. The fourth-order valence-electron chi connectivity index (χ4n) is 4.53. The Hall–Kier alpha value is -3.23. The van der Waals surface area contributed by atoms with Gasteiger partial charge in [0.2, 0.25) is 5.91 Å². The number of ether oxygens (including phenoxy) is 1. The molecule has 1 spiro atoms. The Kier molecular flexibility index (Phi) is 8.30. The molecule has 1 aromatic heterocycles. The number of para-hydroxylation sites is 1. The zero-order chi connectivity index (χ0) is 22.8. The van der Waals surface area contributed by atoms with E-state index in [1.54, 1.807) is 23.1 Å². The molecule has 1 aliphatic heterocycles. The quantitative estimate of drug-likeness (QED) is 0.482. The van der Waals surface area contributed by atoms with E-state index in [0.29, 0.717) is 49.3 Å². The Morgan fingerprint density at radius 2 is 1.69 bits per heavy atom. The van der Waals surface area contributed by atoms with Gasteiger partial charge in [-0.15, -0.1) is 24.8 Å². The van der Waals surface area contributed by atoms with Gasteiger partial charge in [-0.25, -0.2) is 14.2 Å². The van der Waals surface area contributed by atoms with E-state index < -0.39 is 5.60 Å². The van der Waals surface area contributed by atoms with Crippen LogP contribution in [0.4, 0.5) is 20.7 Å². The summed E-state index contributed by atoms with van der Waals surface area (Å²) in [5.41, 5.74) is 1.02. The molecule has 1 saturated carbocycles. The third-order valence-corrected chi connectivity index (χ3v) is 6.36. The van der Waals surface area contributed by atoms with Crippen LogP contribution in [-0.4, -0.2) is 34.1 Å². The van der Waals surface area contributed by atoms with E-state index in [2.05, 4.69) is 15.3 Å². The van der Waals surface area contributed by atoms with Gasteiger partial charge in [0.05, 0.1) is 24.6 Å². The predicted octanol–water partition coefficient (Wildman–Crippen LogP) is 5.65. The summed E-state index contributed by atoms with van der Waals surface area (Å²) in [7, 11) is 0. The molecule has 2 fully saturated rings. The first kappa shape index (κ1) is 26.4. The second-order valence-corrected chi connectivity index (χ2v) is 8.50. The van der Waals surface area contributed by atoms with Crippen LogP contribution < -0.4 is 10.2 Å². The summed E-state index contributed by atoms with van der Waals surface area (Å²) in [4.78, 5) is 35.3. The SMILES string of the molecule is Cl.Cl.O=C(Nc1cnc(-c2ccccc2F)cn1)C1CCC2(CC1)CN(c1ccccc1)C(=O)O2. The molecule has 7 nitrogen and oxygen atoms in total. The molecule has 184 valence electrons. The van der Waals surface area contributed by atoms with Crippen molar-refractivity contribution in [2.75, 3.05) is 16.8 Å². The van der Waals surface area contributed by atoms with E-state index in [0.717, 1.165) is 5.69 Å². The fraction of sp³-hybridized carbons (Fsp3) is 0.280. The van der Waals surface area contributed by atoms with Crippen molar-refractivity contribution in [3.8, 4) is 11.3 Å². The minimum absolute atomic E-state index is 0. The van der Waals surface area contributed by atoms with Crippen molar-refractivity contribution in [1.29, 1.82) is 0 Å². The Morgan fingerprint density at radius 1 is 1.00 bits per heavy atom. The van der Waals surface area contributed by atoms with Gasteiger partial charge in [0, 0.05) is 17.2 Å². The average molecular weight is 519 g/mol. The second kappa shape index (κ2) is 11.0. The van der Waals surface area contributed by atoms with Gasteiger partial charge in [0.15, 0.2) is 5.82 Å². The third-order valence-electron chi connectivity index (χ3n) is 6.36. The molecule has 2 aliphatic rings. The fourth-order valence-corrected chi connectivity index (χ4v) is 4.53. The standard InChI is InChI=1S/C25H23FN4O3.2ClH/c26-20-9-5-4-8-19(20)21-14-28-22(15-27-21)29-23(31)17-10-12-25(13-11-17)16-30(24(32)33-25)18-6-2-1-3-7-18;;/h1-9,14-15,17H,10-13,16H2,(H,28,29,31);2*1H. The molecule has 1 N–H and O–H groups in total. The lowest BCUT2D eigenvalue weighted by Crippen LogP contribution is -2.41. The number of nitrogens with zero attached hydrogens (tertiary/aromatic N) is 3. The summed E-state index contributed by atoms with van der Waals surface area (Å²) in [6.45, 7) is 0.493. The van der Waals surface area contributed by atoms with Crippen LogP contribution in [0.5, 0.6) is 0 Å². The monoisotopic (exact) mass is 518 g/mol. The van der Waals surface area contributed by atoms with E-state index in [9.17, 15) is 14.0 Å². The molecule has 2 heterocycles. The molecule has 2 aromatic carbocycles. The molecule has 1 aliphatic carbocycles. The number of aromatic nitrogens is 2. The first-order valence-corrected chi connectivity index (χ1v) is 11.0. The molecule has 0 bridgehead atoms. The lowest BCUT2D eigenvalue weighted by molar-refractivity contribution is -0.122. The van der Waals surface area contributed by atoms with Gasteiger partial charge in [0.1, 0.15) is 11.4 Å². The highest BCUT2D eigenvalue weighted by Gasteiger charge is 2.48. The van der Waals surface area contributed by atoms with Gasteiger partial charge in [0.25, 0.3) is 0 Å². The smallest absolute Gasteiger partial charge is 0.415 e. The Balaban J connectivity index is 0.00000171. The van der Waals surface area contributed by atoms with Crippen molar-refractivity contribution in [3.05, 3.63) is 72.8 Å². The first-order chi connectivity index (χ1) is 16.0. The van der Waals surface area contributed by atoms with Crippen molar-refractivity contribution in [2.45, 2.75) is 31.3 Å². The van der Waals surface area contributed by atoms with Crippen molar-refractivity contribution in [2.24, 2.45) is 5.92 Å². The number of amides is 2. The zero-order valence-corrected chi connectivity index (χ0v) is 20.4. The maximum absolute atomic E-state index is 13.9. The molecule has 5 rings (SSSR count). The van der Waals surface area contributed by atoms with E-state index in [1.165, 1.54) is 18.5 Å². The van der Waals surface area contributed by atoms with Crippen LogP contribution >= 0.6 is 24.8 Å². The number of benzene rings is 2. The highest BCUT2D eigenvalue weighted by molar-refractivity contribution is 5.92. The topological polar surface area (TPSA) is 84.4 Å². The number of anilines is 2. The molecule has 0 unspecified atom stereocenters. The molecular formula is C25H25Cl2FN4O3. The molecular weight excluding hydrogens is 494 g/mol. The van der Waals surface area contributed by atoms with Gasteiger partial charge in [-0.3, -0.25) is 14.7 Å². The van der Waals surface area contributed by atoms with Gasteiger partial charge in [-0.05, 0) is 49.9 Å².